The van der Waals surface area contributed by atoms with Crippen LogP contribution in [0, 0.1) is 6.92 Å². The van der Waals surface area contributed by atoms with Gasteiger partial charge in [0, 0.05) is 25.2 Å². The molecule has 30 heavy (non-hydrogen) atoms. The molecule has 0 unspecified atom stereocenters. The summed E-state index contributed by atoms with van der Waals surface area (Å²) in [5.74, 6) is 0.357. The minimum atomic E-state index is -3.39. The molecule has 2 aromatic carbocycles. The molecule has 8 nitrogen and oxygen atoms in total. The smallest absolute Gasteiger partial charge is 0.254 e. The molecule has 158 valence electrons. The third kappa shape index (κ3) is 4.63. The van der Waals surface area contributed by atoms with E-state index in [9.17, 15) is 13.2 Å². The second-order valence-electron chi connectivity index (χ2n) is 6.88. The van der Waals surface area contributed by atoms with Gasteiger partial charge in [0.25, 0.3) is 5.91 Å². The molecule has 3 rings (SSSR count). The van der Waals surface area contributed by atoms with Crippen LogP contribution in [0.5, 0.6) is 0 Å². The topological polar surface area (TPSA) is 96.6 Å². The van der Waals surface area contributed by atoms with Crippen LogP contribution in [0.4, 0.5) is 5.69 Å². The number of nitrogens with zero attached hydrogens (tertiary/aromatic N) is 4. The highest BCUT2D eigenvalue weighted by molar-refractivity contribution is 7.92. The Labute approximate surface area is 180 Å². The van der Waals surface area contributed by atoms with Crippen molar-refractivity contribution < 1.29 is 17.7 Å². The molecule has 1 heterocycles. The SMILES string of the molecule is Cc1cc(C(=O)N(C)Cc2nc(-c3ccccc3Cl)no2)ccc1N(C)S(C)(=O)=O. The Hall–Kier alpha value is -2.91. The quantitative estimate of drug-likeness (QED) is 0.573. The molecule has 0 aliphatic rings. The predicted molar refractivity (Wildman–Crippen MR) is 115 cm³/mol. The van der Waals surface area contributed by atoms with E-state index in [2.05, 4.69) is 10.1 Å². The van der Waals surface area contributed by atoms with E-state index in [4.69, 9.17) is 16.1 Å². The molecule has 0 fully saturated rings. The zero-order valence-corrected chi connectivity index (χ0v) is 18.5. The summed E-state index contributed by atoms with van der Waals surface area (Å²) in [4.78, 5) is 18.5. The lowest BCUT2D eigenvalue weighted by Gasteiger charge is -2.20. The van der Waals surface area contributed by atoms with Gasteiger partial charge in [0.1, 0.15) is 0 Å². The van der Waals surface area contributed by atoms with Crippen molar-refractivity contribution >= 4 is 33.2 Å². The maximum absolute atomic E-state index is 12.8. The second-order valence-corrected chi connectivity index (χ2v) is 9.31. The van der Waals surface area contributed by atoms with Crippen molar-refractivity contribution in [3.63, 3.8) is 0 Å². The molecule has 0 radical (unpaired) electrons. The van der Waals surface area contributed by atoms with Gasteiger partial charge in [0.15, 0.2) is 0 Å². The molecule has 0 saturated heterocycles. The van der Waals surface area contributed by atoms with Gasteiger partial charge in [-0.25, -0.2) is 8.42 Å². The molecule has 1 aromatic heterocycles. The Morgan fingerprint density at radius 2 is 1.87 bits per heavy atom. The van der Waals surface area contributed by atoms with Gasteiger partial charge >= 0.3 is 0 Å². The fraction of sp³-hybridized carbons (Fsp3) is 0.250. The van der Waals surface area contributed by atoms with Crippen LogP contribution in [0.15, 0.2) is 47.0 Å². The minimum absolute atomic E-state index is 0.111. The van der Waals surface area contributed by atoms with Crippen LogP contribution in [-0.2, 0) is 16.6 Å². The zero-order chi connectivity index (χ0) is 22.1. The number of amides is 1. The Balaban J connectivity index is 1.75. The largest absolute Gasteiger partial charge is 0.337 e. The molecule has 0 N–H and O–H groups in total. The van der Waals surface area contributed by atoms with Gasteiger partial charge < -0.3 is 9.42 Å². The number of hydrogen-bond donors (Lipinski definition) is 0. The molecule has 0 atom stereocenters. The van der Waals surface area contributed by atoms with Gasteiger partial charge in [-0.2, -0.15) is 4.98 Å². The van der Waals surface area contributed by atoms with Gasteiger partial charge in [-0.05, 0) is 42.8 Å². The summed E-state index contributed by atoms with van der Waals surface area (Å²) in [5, 5.41) is 4.43. The lowest BCUT2D eigenvalue weighted by Crippen LogP contribution is -2.27. The van der Waals surface area contributed by atoms with Crippen LogP contribution in [0.3, 0.4) is 0 Å². The standard InChI is InChI=1S/C20H21ClN4O4S/c1-13-11-14(9-10-17(13)25(3)30(4,27)28)20(26)24(2)12-18-22-19(23-29-18)15-7-5-6-8-16(15)21/h5-11H,12H2,1-4H3. The summed E-state index contributed by atoms with van der Waals surface area (Å²) < 4.78 is 29.9. The number of aromatic nitrogens is 2. The molecule has 0 bridgehead atoms. The summed E-state index contributed by atoms with van der Waals surface area (Å²) >= 11 is 6.15. The zero-order valence-electron chi connectivity index (χ0n) is 17.0. The van der Waals surface area contributed by atoms with Crippen LogP contribution in [-0.4, -0.2) is 49.7 Å². The number of halogens is 1. The summed E-state index contributed by atoms with van der Waals surface area (Å²) in [6.07, 6.45) is 1.13. The van der Waals surface area contributed by atoms with E-state index in [-0.39, 0.29) is 18.3 Å². The lowest BCUT2D eigenvalue weighted by atomic mass is 10.1. The van der Waals surface area contributed by atoms with Crippen molar-refractivity contribution in [2.45, 2.75) is 13.5 Å². The third-order valence-electron chi connectivity index (χ3n) is 4.58. The molecule has 1 amide bonds. The van der Waals surface area contributed by atoms with Crippen molar-refractivity contribution in [1.82, 2.24) is 15.0 Å². The summed E-state index contributed by atoms with van der Waals surface area (Å²) in [7, 11) is -0.303. The fourth-order valence-electron chi connectivity index (χ4n) is 2.89. The van der Waals surface area contributed by atoms with Crippen LogP contribution in [0.1, 0.15) is 21.8 Å². The predicted octanol–water partition coefficient (Wildman–Crippen LogP) is 3.37. The van der Waals surface area contributed by atoms with E-state index >= 15 is 0 Å². The van der Waals surface area contributed by atoms with Crippen molar-refractivity contribution in [3.05, 3.63) is 64.5 Å². The molecular formula is C20H21ClN4O4S. The number of benzene rings is 2. The Morgan fingerprint density at radius 1 is 1.17 bits per heavy atom. The number of sulfonamides is 1. The van der Waals surface area contributed by atoms with Crippen LogP contribution >= 0.6 is 11.6 Å². The first kappa shape index (κ1) is 21.8. The Morgan fingerprint density at radius 3 is 2.50 bits per heavy atom. The number of carbonyl (C=O) groups is 1. The maximum Gasteiger partial charge on any atom is 0.254 e. The molecule has 10 heteroatoms. The fourth-order valence-corrected chi connectivity index (χ4v) is 3.67. The highest BCUT2D eigenvalue weighted by Crippen LogP contribution is 2.26. The van der Waals surface area contributed by atoms with E-state index in [0.717, 1.165) is 6.26 Å². The number of rotatable bonds is 6. The lowest BCUT2D eigenvalue weighted by molar-refractivity contribution is 0.0769. The maximum atomic E-state index is 12.8. The van der Waals surface area contributed by atoms with Crippen LogP contribution in [0.25, 0.3) is 11.4 Å². The third-order valence-corrected chi connectivity index (χ3v) is 6.10. The van der Waals surface area contributed by atoms with E-state index in [1.165, 1.54) is 16.3 Å². The summed E-state index contributed by atoms with van der Waals surface area (Å²) in [6.45, 7) is 1.86. The normalized spacial score (nSPS) is 11.4. The Bertz CT molecular complexity index is 1190. The molecule has 0 aliphatic carbocycles. The van der Waals surface area contributed by atoms with Gasteiger partial charge in [-0.3, -0.25) is 9.10 Å². The van der Waals surface area contributed by atoms with Crippen molar-refractivity contribution in [3.8, 4) is 11.4 Å². The van der Waals surface area contributed by atoms with Crippen molar-refractivity contribution in [1.29, 1.82) is 0 Å². The van der Waals surface area contributed by atoms with Crippen LogP contribution < -0.4 is 4.31 Å². The summed E-state index contributed by atoms with van der Waals surface area (Å²) in [6, 6.07) is 12.0. The van der Waals surface area contributed by atoms with E-state index in [0.29, 0.717) is 33.2 Å². The van der Waals surface area contributed by atoms with E-state index in [1.807, 2.05) is 6.07 Å². The molecule has 0 saturated carbocycles. The Kier molecular flexibility index (Phi) is 6.14. The molecular weight excluding hydrogens is 428 g/mol. The first-order valence-electron chi connectivity index (χ1n) is 8.95. The number of aryl methyl sites for hydroxylation is 1. The van der Waals surface area contributed by atoms with Gasteiger partial charge in [0.2, 0.25) is 21.7 Å². The number of carbonyl (C=O) groups excluding carboxylic acids is 1. The average Bonchev–Trinajstić information content (AvgIpc) is 3.14. The first-order chi connectivity index (χ1) is 14.1. The molecule has 3 aromatic rings. The van der Waals surface area contributed by atoms with E-state index in [1.54, 1.807) is 50.4 Å². The van der Waals surface area contributed by atoms with Crippen LogP contribution in [0.2, 0.25) is 5.02 Å². The first-order valence-corrected chi connectivity index (χ1v) is 11.2. The monoisotopic (exact) mass is 448 g/mol. The highest BCUT2D eigenvalue weighted by atomic mass is 35.5. The minimum Gasteiger partial charge on any atom is -0.337 e. The highest BCUT2D eigenvalue weighted by Gasteiger charge is 2.19. The number of anilines is 1. The van der Waals surface area contributed by atoms with Gasteiger partial charge in [0.05, 0.1) is 23.5 Å². The van der Waals surface area contributed by atoms with Gasteiger partial charge in [-0.1, -0.05) is 28.9 Å². The average molecular weight is 449 g/mol. The van der Waals surface area contributed by atoms with Crippen molar-refractivity contribution in [2.75, 3.05) is 24.7 Å². The molecule has 0 aliphatic heterocycles. The van der Waals surface area contributed by atoms with Crippen molar-refractivity contribution in [2.24, 2.45) is 0 Å². The second kappa shape index (κ2) is 8.45. The number of hydrogen-bond acceptors (Lipinski definition) is 6. The summed E-state index contributed by atoms with van der Waals surface area (Å²) in [5.41, 5.74) is 2.25. The van der Waals surface area contributed by atoms with Gasteiger partial charge in [-0.15, -0.1) is 0 Å². The van der Waals surface area contributed by atoms with E-state index < -0.39 is 10.0 Å². The molecule has 0 spiro atoms.